The van der Waals surface area contributed by atoms with Crippen LogP contribution in [-0.2, 0) is 21.2 Å². The lowest BCUT2D eigenvalue weighted by Crippen LogP contribution is -2.33. The summed E-state index contributed by atoms with van der Waals surface area (Å²) in [5, 5.41) is 16.2. The number of carboxylic acid groups (broad SMARTS) is 1. The fourth-order valence-electron chi connectivity index (χ4n) is 3.45. The van der Waals surface area contributed by atoms with Gasteiger partial charge >= 0.3 is 5.97 Å². The highest BCUT2D eigenvalue weighted by Gasteiger charge is 2.27. The molecule has 0 aliphatic carbocycles. The highest BCUT2D eigenvalue weighted by atomic mass is 32.2. The maximum absolute atomic E-state index is 13.0. The molecule has 1 atom stereocenters. The first kappa shape index (κ1) is 20.8. The van der Waals surface area contributed by atoms with Gasteiger partial charge in [-0.05, 0) is 36.2 Å². The largest absolute Gasteiger partial charge is 0.481 e. The monoisotopic (exact) mass is 440 g/mol. The lowest BCUT2D eigenvalue weighted by molar-refractivity contribution is -0.137. The van der Waals surface area contributed by atoms with Crippen LogP contribution in [0.5, 0.6) is 0 Å². The van der Waals surface area contributed by atoms with E-state index in [0.29, 0.717) is 24.1 Å². The molecule has 1 amide bonds. The Morgan fingerprint density at radius 2 is 2.00 bits per heavy atom. The SMILES string of the molecule is O=C(O)CC(NS(=O)(=O)c1ccc2c(c1)C(=O)NCC2)c1cnn(-c2ccccc2)c1. The maximum atomic E-state index is 13.0. The predicted molar refractivity (Wildman–Crippen MR) is 111 cm³/mol. The van der Waals surface area contributed by atoms with Crippen molar-refractivity contribution in [1.82, 2.24) is 19.8 Å². The summed E-state index contributed by atoms with van der Waals surface area (Å²) in [6, 6.07) is 12.5. The van der Waals surface area contributed by atoms with Crippen LogP contribution in [0.1, 0.15) is 33.9 Å². The molecule has 31 heavy (non-hydrogen) atoms. The molecule has 1 aromatic heterocycles. The standard InChI is InChI=1S/C21H20N4O5S/c26-20(27)11-19(15-12-23-25(13-15)16-4-2-1-3-5-16)24-31(29,30)17-7-6-14-8-9-22-21(28)18(14)10-17/h1-7,10,12-13,19,24H,8-9,11H2,(H,22,28)(H,26,27). The first-order valence-corrected chi connectivity index (χ1v) is 11.1. The van der Waals surface area contributed by atoms with Crippen LogP contribution in [0.2, 0.25) is 0 Å². The molecular weight excluding hydrogens is 420 g/mol. The van der Waals surface area contributed by atoms with Crippen LogP contribution < -0.4 is 10.0 Å². The maximum Gasteiger partial charge on any atom is 0.305 e. The number of hydrogen-bond donors (Lipinski definition) is 3. The summed E-state index contributed by atoms with van der Waals surface area (Å²) < 4.78 is 30.0. The Hall–Kier alpha value is -3.50. The molecule has 9 nitrogen and oxygen atoms in total. The number of fused-ring (bicyclic) bond motifs is 1. The van der Waals surface area contributed by atoms with Gasteiger partial charge in [-0.1, -0.05) is 24.3 Å². The summed E-state index contributed by atoms with van der Waals surface area (Å²) >= 11 is 0. The van der Waals surface area contributed by atoms with Gasteiger partial charge in [-0.25, -0.2) is 17.8 Å². The number of aliphatic carboxylic acids is 1. The first-order chi connectivity index (χ1) is 14.8. The molecule has 0 saturated heterocycles. The lowest BCUT2D eigenvalue weighted by atomic mass is 10.0. The number of nitrogens with zero attached hydrogens (tertiary/aromatic N) is 2. The van der Waals surface area contributed by atoms with E-state index in [4.69, 9.17) is 0 Å². The number of rotatable bonds is 7. The highest BCUT2D eigenvalue weighted by Crippen LogP contribution is 2.24. The van der Waals surface area contributed by atoms with Crippen LogP contribution in [0.15, 0.2) is 65.8 Å². The van der Waals surface area contributed by atoms with Crippen molar-refractivity contribution < 1.29 is 23.1 Å². The van der Waals surface area contributed by atoms with Gasteiger partial charge in [0.05, 0.1) is 29.2 Å². The molecule has 0 bridgehead atoms. The highest BCUT2D eigenvalue weighted by molar-refractivity contribution is 7.89. The van der Waals surface area contributed by atoms with Crippen molar-refractivity contribution in [3.05, 3.63) is 77.6 Å². The van der Waals surface area contributed by atoms with Crippen molar-refractivity contribution in [3.63, 3.8) is 0 Å². The summed E-state index contributed by atoms with van der Waals surface area (Å²) in [4.78, 5) is 23.4. The fourth-order valence-corrected chi connectivity index (χ4v) is 4.70. The molecule has 1 aliphatic heterocycles. The summed E-state index contributed by atoms with van der Waals surface area (Å²) in [5.41, 5.74) is 2.24. The Morgan fingerprint density at radius 1 is 1.23 bits per heavy atom. The van der Waals surface area contributed by atoms with E-state index in [0.717, 1.165) is 11.3 Å². The Kier molecular flexibility index (Phi) is 5.57. The zero-order valence-corrected chi connectivity index (χ0v) is 17.2. The molecule has 10 heteroatoms. The Bertz CT molecular complexity index is 1240. The van der Waals surface area contributed by atoms with Gasteiger partial charge in [0.15, 0.2) is 0 Å². The number of carbonyl (C=O) groups is 2. The van der Waals surface area contributed by atoms with Crippen molar-refractivity contribution in [2.24, 2.45) is 0 Å². The minimum Gasteiger partial charge on any atom is -0.481 e. The van der Waals surface area contributed by atoms with E-state index < -0.39 is 28.5 Å². The van der Waals surface area contributed by atoms with Crippen molar-refractivity contribution in [3.8, 4) is 5.69 Å². The van der Waals surface area contributed by atoms with Gasteiger partial charge in [0.1, 0.15) is 0 Å². The molecule has 160 valence electrons. The molecule has 3 N–H and O–H groups in total. The third kappa shape index (κ3) is 4.49. The van der Waals surface area contributed by atoms with Crippen molar-refractivity contribution in [2.45, 2.75) is 23.8 Å². The summed E-state index contributed by atoms with van der Waals surface area (Å²) in [6.07, 6.45) is 3.18. The topological polar surface area (TPSA) is 130 Å². The van der Waals surface area contributed by atoms with Crippen LogP contribution in [0.25, 0.3) is 5.69 Å². The number of sulfonamides is 1. The first-order valence-electron chi connectivity index (χ1n) is 9.59. The van der Waals surface area contributed by atoms with Gasteiger partial charge in [-0.2, -0.15) is 5.10 Å². The molecule has 2 heterocycles. The third-order valence-electron chi connectivity index (χ3n) is 5.02. The molecule has 2 aromatic carbocycles. The van der Waals surface area contributed by atoms with Gasteiger partial charge in [0.2, 0.25) is 10.0 Å². The molecule has 4 rings (SSSR count). The van der Waals surface area contributed by atoms with Crippen LogP contribution in [-0.4, -0.2) is 41.7 Å². The number of carbonyl (C=O) groups excluding carboxylic acids is 1. The van der Waals surface area contributed by atoms with Gasteiger partial charge in [0.25, 0.3) is 5.91 Å². The van der Waals surface area contributed by atoms with Crippen molar-refractivity contribution in [2.75, 3.05) is 6.54 Å². The van der Waals surface area contributed by atoms with Crippen LogP contribution in [0.4, 0.5) is 0 Å². The number of carboxylic acids is 1. The number of hydrogen-bond acceptors (Lipinski definition) is 5. The smallest absolute Gasteiger partial charge is 0.305 e. The fraction of sp³-hybridized carbons (Fsp3) is 0.190. The van der Waals surface area contributed by atoms with E-state index in [-0.39, 0.29) is 10.8 Å². The number of amides is 1. The quantitative estimate of drug-likeness (QED) is 0.512. The average molecular weight is 440 g/mol. The van der Waals surface area contributed by atoms with E-state index in [1.54, 1.807) is 16.9 Å². The number of benzene rings is 2. The summed E-state index contributed by atoms with van der Waals surface area (Å²) in [5.74, 6) is -1.49. The molecule has 0 fully saturated rings. The number of aromatic nitrogens is 2. The average Bonchev–Trinajstić information content (AvgIpc) is 3.24. The molecule has 1 aliphatic rings. The van der Waals surface area contributed by atoms with Gasteiger partial charge in [-0.15, -0.1) is 0 Å². The normalized spacial score (nSPS) is 14.5. The summed E-state index contributed by atoms with van der Waals surface area (Å²) in [6.45, 7) is 0.502. The van der Waals surface area contributed by atoms with Crippen LogP contribution >= 0.6 is 0 Å². The number of para-hydroxylation sites is 1. The lowest BCUT2D eigenvalue weighted by Gasteiger charge is -2.19. The van der Waals surface area contributed by atoms with Crippen molar-refractivity contribution in [1.29, 1.82) is 0 Å². The molecular formula is C21H20N4O5S. The molecule has 3 aromatic rings. The predicted octanol–water partition coefficient (Wildman–Crippen LogP) is 1.65. The Balaban J connectivity index is 1.64. The Morgan fingerprint density at radius 3 is 2.74 bits per heavy atom. The van der Waals surface area contributed by atoms with E-state index >= 15 is 0 Å². The summed E-state index contributed by atoms with van der Waals surface area (Å²) in [7, 11) is -4.10. The van der Waals surface area contributed by atoms with Crippen LogP contribution in [0.3, 0.4) is 0 Å². The van der Waals surface area contributed by atoms with E-state index in [1.165, 1.54) is 18.3 Å². The third-order valence-corrected chi connectivity index (χ3v) is 6.49. The number of nitrogens with one attached hydrogen (secondary N) is 2. The molecule has 0 saturated carbocycles. The van der Waals surface area contributed by atoms with Gasteiger partial charge in [-0.3, -0.25) is 9.59 Å². The molecule has 0 radical (unpaired) electrons. The zero-order valence-electron chi connectivity index (χ0n) is 16.4. The second-order valence-electron chi connectivity index (χ2n) is 7.15. The second-order valence-corrected chi connectivity index (χ2v) is 8.86. The van der Waals surface area contributed by atoms with E-state index in [1.807, 2.05) is 30.3 Å². The van der Waals surface area contributed by atoms with E-state index in [2.05, 4.69) is 15.1 Å². The van der Waals surface area contributed by atoms with Crippen LogP contribution in [0, 0.1) is 0 Å². The van der Waals surface area contributed by atoms with E-state index in [9.17, 15) is 23.1 Å². The Labute approximate surface area is 178 Å². The second kappa shape index (κ2) is 8.32. The molecule has 0 spiro atoms. The van der Waals surface area contributed by atoms with Gasteiger partial charge in [0, 0.05) is 23.9 Å². The minimum atomic E-state index is -4.10. The van der Waals surface area contributed by atoms with Crippen molar-refractivity contribution >= 4 is 21.9 Å². The molecule has 1 unspecified atom stereocenters. The van der Waals surface area contributed by atoms with Gasteiger partial charge < -0.3 is 10.4 Å². The minimum absolute atomic E-state index is 0.103. The zero-order chi connectivity index (χ0) is 22.0.